The molecule has 1 saturated heterocycles. The second-order valence-corrected chi connectivity index (χ2v) is 5.76. The molecule has 1 heterocycles. The summed E-state index contributed by atoms with van der Waals surface area (Å²) in [6.45, 7) is 4.96. The van der Waals surface area contributed by atoms with Crippen LogP contribution in [0.1, 0.15) is 51.9 Å². The molecule has 0 aromatic rings. The molecule has 1 aliphatic heterocycles. The van der Waals surface area contributed by atoms with Crippen molar-refractivity contribution in [1.29, 1.82) is 0 Å². The molecule has 2 aliphatic rings. The number of likely N-dealkylation sites (tertiary alicyclic amines) is 1. The van der Waals surface area contributed by atoms with Gasteiger partial charge in [0, 0.05) is 25.7 Å². The highest BCUT2D eigenvalue weighted by atomic mass is 16.2. The fraction of sp³-hybridized carbons (Fsp3) is 0.867. The van der Waals surface area contributed by atoms with Crippen LogP contribution in [0.15, 0.2) is 4.99 Å². The van der Waals surface area contributed by atoms with Gasteiger partial charge in [-0.15, -0.1) is 0 Å². The Kier molecular flexibility index (Phi) is 6.15. The van der Waals surface area contributed by atoms with Crippen LogP contribution in [0, 0.1) is 0 Å². The van der Waals surface area contributed by atoms with E-state index in [2.05, 4.69) is 22.5 Å². The van der Waals surface area contributed by atoms with Crippen LogP contribution in [-0.2, 0) is 4.79 Å². The van der Waals surface area contributed by atoms with Gasteiger partial charge in [-0.3, -0.25) is 4.79 Å². The van der Waals surface area contributed by atoms with E-state index in [1.807, 2.05) is 4.90 Å². The predicted molar refractivity (Wildman–Crippen MR) is 81.8 cm³/mol. The van der Waals surface area contributed by atoms with E-state index < -0.39 is 0 Å². The van der Waals surface area contributed by atoms with E-state index in [1.165, 1.54) is 32.1 Å². The molecule has 1 amide bonds. The van der Waals surface area contributed by atoms with Crippen molar-refractivity contribution in [3.05, 3.63) is 0 Å². The van der Waals surface area contributed by atoms with Crippen LogP contribution in [-0.4, -0.2) is 49.0 Å². The fourth-order valence-electron chi connectivity index (χ4n) is 2.97. The summed E-state index contributed by atoms with van der Waals surface area (Å²) in [4.78, 5) is 18.5. The Morgan fingerprint density at radius 1 is 1.15 bits per heavy atom. The van der Waals surface area contributed by atoms with Gasteiger partial charge in [-0.1, -0.05) is 12.8 Å². The highest BCUT2D eigenvalue weighted by molar-refractivity contribution is 5.85. The zero-order valence-electron chi connectivity index (χ0n) is 12.7. The first-order chi connectivity index (χ1) is 9.79. The molecule has 5 nitrogen and oxygen atoms in total. The van der Waals surface area contributed by atoms with Gasteiger partial charge in [-0.2, -0.15) is 0 Å². The fourth-order valence-corrected chi connectivity index (χ4v) is 2.97. The van der Waals surface area contributed by atoms with Crippen molar-refractivity contribution in [1.82, 2.24) is 15.5 Å². The molecule has 20 heavy (non-hydrogen) atoms. The van der Waals surface area contributed by atoms with Crippen LogP contribution in [0.2, 0.25) is 0 Å². The molecule has 0 unspecified atom stereocenters. The van der Waals surface area contributed by atoms with Crippen molar-refractivity contribution in [2.24, 2.45) is 4.99 Å². The Balaban J connectivity index is 1.82. The van der Waals surface area contributed by atoms with Crippen LogP contribution in [0.3, 0.4) is 0 Å². The van der Waals surface area contributed by atoms with Crippen LogP contribution >= 0.6 is 0 Å². The third-order valence-electron chi connectivity index (χ3n) is 4.12. The van der Waals surface area contributed by atoms with Crippen molar-refractivity contribution in [3.63, 3.8) is 0 Å². The monoisotopic (exact) mass is 280 g/mol. The summed E-state index contributed by atoms with van der Waals surface area (Å²) < 4.78 is 0. The first-order valence-corrected chi connectivity index (χ1v) is 8.12. The molecule has 0 bridgehead atoms. The number of amides is 1. The van der Waals surface area contributed by atoms with Crippen molar-refractivity contribution in [3.8, 4) is 0 Å². The summed E-state index contributed by atoms with van der Waals surface area (Å²) in [5, 5.41) is 6.68. The highest BCUT2D eigenvalue weighted by Gasteiger charge is 2.18. The lowest BCUT2D eigenvalue weighted by Gasteiger charge is -2.26. The molecule has 0 atom stereocenters. The van der Waals surface area contributed by atoms with Crippen molar-refractivity contribution in [2.45, 2.75) is 57.9 Å². The maximum atomic E-state index is 12.1. The first kappa shape index (κ1) is 15.1. The molecule has 5 heteroatoms. The lowest BCUT2D eigenvalue weighted by Crippen LogP contribution is -2.43. The summed E-state index contributed by atoms with van der Waals surface area (Å²) in [6.07, 6.45) is 8.53. The minimum atomic E-state index is 0.160. The van der Waals surface area contributed by atoms with Crippen molar-refractivity contribution >= 4 is 11.9 Å². The molecule has 2 rings (SSSR count). The number of hydrogen-bond acceptors (Lipinski definition) is 2. The predicted octanol–water partition coefficient (Wildman–Crippen LogP) is 1.50. The summed E-state index contributed by atoms with van der Waals surface area (Å²) >= 11 is 0. The smallest absolute Gasteiger partial charge is 0.244 e. The summed E-state index contributed by atoms with van der Waals surface area (Å²) in [5.41, 5.74) is 0. The van der Waals surface area contributed by atoms with E-state index in [-0.39, 0.29) is 12.5 Å². The van der Waals surface area contributed by atoms with Gasteiger partial charge in [0.25, 0.3) is 0 Å². The number of guanidine groups is 1. The Bertz CT molecular complexity index is 331. The average molecular weight is 280 g/mol. The molecule has 1 saturated carbocycles. The third kappa shape index (κ3) is 4.69. The Labute approximate surface area is 122 Å². The molecule has 1 aliphatic carbocycles. The molecule has 2 N–H and O–H groups in total. The van der Waals surface area contributed by atoms with Gasteiger partial charge in [-0.25, -0.2) is 4.99 Å². The second kappa shape index (κ2) is 8.12. The van der Waals surface area contributed by atoms with Crippen molar-refractivity contribution < 1.29 is 4.79 Å². The minimum Gasteiger partial charge on any atom is -0.357 e. The van der Waals surface area contributed by atoms with Crippen LogP contribution < -0.4 is 10.6 Å². The van der Waals surface area contributed by atoms with Gasteiger partial charge in [-0.05, 0) is 39.0 Å². The normalized spacial score (nSPS) is 21.1. The van der Waals surface area contributed by atoms with Gasteiger partial charge in [0.2, 0.25) is 5.91 Å². The van der Waals surface area contributed by atoms with Gasteiger partial charge >= 0.3 is 0 Å². The molecule has 114 valence electrons. The van der Waals surface area contributed by atoms with E-state index in [0.717, 1.165) is 38.4 Å². The first-order valence-electron chi connectivity index (χ1n) is 8.12. The Morgan fingerprint density at radius 3 is 2.50 bits per heavy atom. The maximum absolute atomic E-state index is 12.1. The number of nitrogens with one attached hydrogen (secondary N) is 2. The summed E-state index contributed by atoms with van der Waals surface area (Å²) in [7, 11) is 0. The quantitative estimate of drug-likeness (QED) is 0.606. The Morgan fingerprint density at radius 2 is 1.85 bits per heavy atom. The number of nitrogens with zero attached hydrogens (tertiary/aromatic N) is 2. The summed E-state index contributed by atoms with van der Waals surface area (Å²) in [6, 6.07) is 0.526. The van der Waals surface area contributed by atoms with E-state index in [1.54, 1.807) is 0 Å². The van der Waals surface area contributed by atoms with Gasteiger partial charge in [0.1, 0.15) is 6.54 Å². The highest BCUT2D eigenvalue weighted by Crippen LogP contribution is 2.17. The van der Waals surface area contributed by atoms with Gasteiger partial charge in [0.15, 0.2) is 5.96 Å². The molecular weight excluding hydrogens is 252 g/mol. The largest absolute Gasteiger partial charge is 0.357 e. The lowest BCUT2D eigenvalue weighted by atomic mass is 10.1. The zero-order chi connectivity index (χ0) is 14.2. The molecule has 0 aromatic carbocycles. The average Bonchev–Trinajstić information content (AvgIpc) is 2.98. The topological polar surface area (TPSA) is 56.7 Å². The van der Waals surface area contributed by atoms with Crippen molar-refractivity contribution in [2.75, 3.05) is 26.2 Å². The lowest BCUT2D eigenvalue weighted by molar-refractivity contribution is -0.130. The summed E-state index contributed by atoms with van der Waals surface area (Å²) in [5.74, 6) is 0.957. The molecule has 0 aromatic heterocycles. The van der Waals surface area contributed by atoms with E-state index in [0.29, 0.717) is 6.04 Å². The molecular formula is C15H28N4O. The van der Waals surface area contributed by atoms with Crippen LogP contribution in [0.5, 0.6) is 0 Å². The maximum Gasteiger partial charge on any atom is 0.244 e. The second-order valence-electron chi connectivity index (χ2n) is 5.76. The number of rotatable bonds is 4. The number of piperidine rings is 1. The van der Waals surface area contributed by atoms with Gasteiger partial charge in [0.05, 0.1) is 0 Å². The molecule has 0 radical (unpaired) electrons. The molecule has 0 spiro atoms. The number of hydrogen-bond donors (Lipinski definition) is 2. The van der Waals surface area contributed by atoms with E-state index in [9.17, 15) is 4.79 Å². The zero-order valence-corrected chi connectivity index (χ0v) is 12.7. The molecule has 2 fully saturated rings. The van der Waals surface area contributed by atoms with Crippen LogP contribution in [0.4, 0.5) is 0 Å². The minimum absolute atomic E-state index is 0.160. The number of carbonyl (C=O) groups excluding carboxylic acids is 1. The standard InChI is InChI=1S/C15H28N4O/c1-2-16-15(18-13-8-4-5-9-13)17-12-14(20)19-10-6-3-7-11-19/h13H,2-12H2,1H3,(H2,16,17,18). The van der Waals surface area contributed by atoms with E-state index >= 15 is 0 Å². The third-order valence-corrected chi connectivity index (χ3v) is 4.12. The van der Waals surface area contributed by atoms with E-state index in [4.69, 9.17) is 0 Å². The number of carbonyl (C=O) groups is 1. The number of aliphatic imine (C=N–C) groups is 1. The van der Waals surface area contributed by atoms with Gasteiger partial charge < -0.3 is 15.5 Å². The SMILES string of the molecule is CCNC(=NCC(=O)N1CCCCC1)NC1CCCC1. The van der Waals surface area contributed by atoms with Crippen LogP contribution in [0.25, 0.3) is 0 Å². The Hall–Kier alpha value is -1.26.